The molecular weight excluding hydrogens is 238 g/mol. The van der Waals surface area contributed by atoms with Gasteiger partial charge in [0.25, 0.3) is 0 Å². The maximum atomic E-state index is 4.27. The first kappa shape index (κ1) is 10.5. The van der Waals surface area contributed by atoms with Gasteiger partial charge < -0.3 is 5.32 Å². The fraction of sp³-hybridized carbons (Fsp3) is 0.214. The number of anilines is 1. The van der Waals surface area contributed by atoms with Crippen LogP contribution in [0.3, 0.4) is 0 Å². The molecule has 1 aliphatic rings. The van der Waals surface area contributed by atoms with Crippen molar-refractivity contribution in [1.82, 2.24) is 19.6 Å². The molecule has 0 saturated heterocycles. The van der Waals surface area contributed by atoms with Gasteiger partial charge in [-0.05, 0) is 36.6 Å². The van der Waals surface area contributed by atoms with Crippen molar-refractivity contribution < 1.29 is 0 Å². The highest BCUT2D eigenvalue weighted by molar-refractivity contribution is 5.66. The lowest BCUT2D eigenvalue weighted by Crippen LogP contribution is -2.11. The number of rotatable bonds is 1. The highest BCUT2D eigenvalue weighted by atomic mass is 15.3. The zero-order chi connectivity index (χ0) is 12.7. The van der Waals surface area contributed by atoms with E-state index in [4.69, 9.17) is 0 Å². The molecule has 0 bridgehead atoms. The lowest BCUT2D eigenvalue weighted by Gasteiger charge is -2.18. The van der Waals surface area contributed by atoms with Crippen molar-refractivity contribution in [3.8, 4) is 11.4 Å². The minimum atomic E-state index is 0.820. The molecule has 1 N–H and O–H groups in total. The largest absolute Gasteiger partial charge is 0.385 e. The molecule has 0 aliphatic carbocycles. The number of fused-ring (bicyclic) bond motifs is 2. The highest BCUT2D eigenvalue weighted by Gasteiger charge is 2.12. The summed E-state index contributed by atoms with van der Waals surface area (Å²) >= 11 is 0. The lowest BCUT2D eigenvalue weighted by atomic mass is 10.0. The normalized spacial score (nSPS) is 14.1. The van der Waals surface area contributed by atoms with E-state index in [9.17, 15) is 0 Å². The van der Waals surface area contributed by atoms with Gasteiger partial charge in [0.15, 0.2) is 11.5 Å². The maximum Gasteiger partial charge on any atom is 0.169 e. The van der Waals surface area contributed by atoms with E-state index < -0.39 is 0 Å². The Bertz CT molecular complexity index is 746. The monoisotopic (exact) mass is 251 g/mol. The van der Waals surface area contributed by atoms with Crippen molar-refractivity contribution in [2.75, 3.05) is 11.9 Å². The Labute approximate surface area is 110 Å². The van der Waals surface area contributed by atoms with Crippen LogP contribution in [0.2, 0.25) is 0 Å². The summed E-state index contributed by atoms with van der Waals surface area (Å²) in [5.41, 5.74) is 4.50. The molecule has 0 saturated carbocycles. The molecule has 1 aliphatic heterocycles. The van der Waals surface area contributed by atoms with E-state index in [-0.39, 0.29) is 0 Å². The zero-order valence-corrected chi connectivity index (χ0v) is 10.4. The van der Waals surface area contributed by atoms with Crippen molar-refractivity contribution >= 4 is 11.3 Å². The molecule has 3 heterocycles. The molecule has 0 unspecified atom stereocenters. The summed E-state index contributed by atoms with van der Waals surface area (Å²) in [6.07, 6.45) is 5.77. The standard InChI is InChI=1S/C14H13N5/c1-2-10-8-11(3-4-12(10)16-6-1)14-18-17-13-5-7-15-9-19(13)14/h3-5,7-9,16H,1-2,6H2. The Morgan fingerprint density at radius 3 is 3.16 bits per heavy atom. The summed E-state index contributed by atoms with van der Waals surface area (Å²) in [6.45, 7) is 1.06. The van der Waals surface area contributed by atoms with E-state index in [1.807, 2.05) is 10.5 Å². The fourth-order valence-electron chi connectivity index (χ4n) is 2.56. The van der Waals surface area contributed by atoms with Gasteiger partial charge in [-0.25, -0.2) is 4.98 Å². The number of hydrogen-bond donors (Lipinski definition) is 1. The van der Waals surface area contributed by atoms with Crippen molar-refractivity contribution in [2.24, 2.45) is 0 Å². The molecule has 0 spiro atoms. The van der Waals surface area contributed by atoms with Gasteiger partial charge in [-0.3, -0.25) is 4.40 Å². The van der Waals surface area contributed by atoms with Crippen LogP contribution in [-0.2, 0) is 6.42 Å². The molecule has 0 amide bonds. The molecule has 0 radical (unpaired) electrons. The number of aryl methyl sites for hydroxylation is 1. The van der Waals surface area contributed by atoms with Gasteiger partial charge >= 0.3 is 0 Å². The van der Waals surface area contributed by atoms with Crippen LogP contribution in [0.25, 0.3) is 17.0 Å². The summed E-state index contributed by atoms with van der Waals surface area (Å²) in [5, 5.41) is 11.8. The Hall–Kier alpha value is -2.43. The third kappa shape index (κ3) is 1.66. The Balaban J connectivity index is 1.88. The van der Waals surface area contributed by atoms with E-state index in [2.05, 4.69) is 38.7 Å². The van der Waals surface area contributed by atoms with Crippen molar-refractivity contribution in [2.45, 2.75) is 12.8 Å². The van der Waals surface area contributed by atoms with Crippen LogP contribution < -0.4 is 5.32 Å². The predicted molar refractivity (Wildman–Crippen MR) is 73.0 cm³/mol. The highest BCUT2D eigenvalue weighted by Crippen LogP contribution is 2.27. The second-order valence-electron chi connectivity index (χ2n) is 4.73. The molecule has 5 heteroatoms. The molecule has 0 atom stereocenters. The van der Waals surface area contributed by atoms with Crippen LogP contribution >= 0.6 is 0 Å². The van der Waals surface area contributed by atoms with Crippen molar-refractivity contribution in [1.29, 1.82) is 0 Å². The first-order valence-corrected chi connectivity index (χ1v) is 6.44. The Morgan fingerprint density at radius 1 is 1.16 bits per heavy atom. The average Bonchev–Trinajstić information content (AvgIpc) is 2.91. The van der Waals surface area contributed by atoms with Crippen molar-refractivity contribution in [3.63, 3.8) is 0 Å². The van der Waals surface area contributed by atoms with Gasteiger partial charge in [0.2, 0.25) is 0 Å². The van der Waals surface area contributed by atoms with Crippen LogP contribution in [0, 0.1) is 0 Å². The average molecular weight is 251 g/mol. The summed E-state index contributed by atoms with van der Waals surface area (Å²) in [4.78, 5) is 4.13. The van der Waals surface area contributed by atoms with Gasteiger partial charge in [0.05, 0.1) is 0 Å². The topological polar surface area (TPSA) is 55.1 Å². The number of nitrogens with zero attached hydrogens (tertiary/aromatic N) is 4. The van der Waals surface area contributed by atoms with Gasteiger partial charge in [-0.15, -0.1) is 10.2 Å². The lowest BCUT2D eigenvalue weighted by molar-refractivity contribution is 0.830. The molecule has 5 nitrogen and oxygen atoms in total. The van der Waals surface area contributed by atoms with E-state index in [0.717, 1.165) is 30.0 Å². The predicted octanol–water partition coefficient (Wildman–Crippen LogP) is 2.15. The van der Waals surface area contributed by atoms with Crippen LogP contribution in [0.1, 0.15) is 12.0 Å². The molecule has 0 fully saturated rings. The summed E-state index contributed by atoms with van der Waals surface area (Å²) in [6, 6.07) is 8.27. The smallest absolute Gasteiger partial charge is 0.169 e. The fourth-order valence-corrected chi connectivity index (χ4v) is 2.56. The molecular formula is C14H13N5. The van der Waals surface area contributed by atoms with Crippen LogP contribution in [-0.4, -0.2) is 26.1 Å². The number of aromatic nitrogens is 4. The molecule has 3 aromatic rings. The molecule has 2 aromatic heterocycles. The third-order valence-electron chi connectivity index (χ3n) is 3.52. The zero-order valence-electron chi connectivity index (χ0n) is 10.4. The second-order valence-corrected chi connectivity index (χ2v) is 4.73. The molecule has 94 valence electrons. The SMILES string of the molecule is c1cc2nnc(-c3ccc4c(c3)CCCN4)n2cn1. The minimum absolute atomic E-state index is 0.820. The summed E-state index contributed by atoms with van der Waals surface area (Å²) in [7, 11) is 0. The molecule has 1 aromatic carbocycles. The maximum absolute atomic E-state index is 4.27. The van der Waals surface area contributed by atoms with E-state index in [1.165, 1.54) is 17.7 Å². The van der Waals surface area contributed by atoms with Crippen LogP contribution in [0.5, 0.6) is 0 Å². The molecule has 19 heavy (non-hydrogen) atoms. The third-order valence-corrected chi connectivity index (χ3v) is 3.52. The van der Waals surface area contributed by atoms with E-state index in [1.54, 1.807) is 12.5 Å². The summed E-state index contributed by atoms with van der Waals surface area (Å²) < 4.78 is 1.91. The minimum Gasteiger partial charge on any atom is -0.385 e. The quantitative estimate of drug-likeness (QED) is 0.720. The Kier molecular flexibility index (Phi) is 2.24. The number of nitrogens with one attached hydrogen (secondary N) is 1. The Morgan fingerprint density at radius 2 is 2.16 bits per heavy atom. The second kappa shape index (κ2) is 4.05. The van der Waals surface area contributed by atoms with Crippen LogP contribution in [0.15, 0.2) is 36.8 Å². The van der Waals surface area contributed by atoms with Gasteiger partial charge in [0, 0.05) is 30.1 Å². The van der Waals surface area contributed by atoms with Crippen molar-refractivity contribution in [3.05, 3.63) is 42.4 Å². The molecule has 4 rings (SSSR count). The van der Waals surface area contributed by atoms with E-state index in [0.29, 0.717) is 0 Å². The van der Waals surface area contributed by atoms with Gasteiger partial charge in [0.1, 0.15) is 6.33 Å². The first-order chi connectivity index (χ1) is 9.42. The van der Waals surface area contributed by atoms with Crippen LogP contribution in [0.4, 0.5) is 5.69 Å². The number of hydrogen-bond acceptors (Lipinski definition) is 4. The number of benzene rings is 1. The van der Waals surface area contributed by atoms with Gasteiger partial charge in [-0.2, -0.15) is 0 Å². The first-order valence-electron chi connectivity index (χ1n) is 6.44. The summed E-state index contributed by atoms with van der Waals surface area (Å²) in [5.74, 6) is 0.844. The van der Waals surface area contributed by atoms with Gasteiger partial charge in [-0.1, -0.05) is 0 Å². The van der Waals surface area contributed by atoms with E-state index >= 15 is 0 Å².